The van der Waals surface area contributed by atoms with Gasteiger partial charge >= 0.3 is 0 Å². The van der Waals surface area contributed by atoms with Crippen molar-refractivity contribution in [1.29, 1.82) is 0 Å². The molecular weight excluding hydrogens is 700 g/mol. The summed E-state index contributed by atoms with van der Waals surface area (Å²) >= 11 is 0. The number of hydrogen-bond acceptors (Lipinski definition) is 12. The first-order valence-electron chi connectivity index (χ1n) is 17.5. The molecule has 0 saturated carbocycles. The van der Waals surface area contributed by atoms with E-state index in [9.17, 15) is 40.0 Å². The average molecular weight is 741 g/mol. The van der Waals surface area contributed by atoms with Gasteiger partial charge in [-0.25, -0.2) is 0 Å². The third kappa shape index (κ3) is 9.02. The van der Waals surface area contributed by atoms with Crippen molar-refractivity contribution in [1.82, 2.24) is 21.3 Å². The lowest BCUT2D eigenvalue weighted by Gasteiger charge is -2.20. The second kappa shape index (κ2) is 17.0. The summed E-state index contributed by atoms with van der Waals surface area (Å²) < 4.78 is 12.3. The van der Waals surface area contributed by atoms with Crippen LogP contribution in [0.1, 0.15) is 50.9 Å². The fraction of sp³-hybridized carbons (Fsp3) is 0.316. The number of carbonyl (C=O) groups excluding carboxylic acids is 2. The van der Waals surface area contributed by atoms with Crippen LogP contribution >= 0.6 is 0 Å². The maximum absolute atomic E-state index is 12.9. The highest BCUT2D eigenvalue weighted by atomic mass is 16.6. The van der Waals surface area contributed by atoms with Crippen LogP contribution in [0.2, 0.25) is 0 Å². The summed E-state index contributed by atoms with van der Waals surface area (Å²) in [5, 5.41) is 59.6. The third-order valence-corrected chi connectivity index (χ3v) is 9.24. The van der Waals surface area contributed by atoms with Gasteiger partial charge in [-0.15, -0.1) is 0 Å². The number of rotatable bonds is 2. The smallest absolute Gasteiger partial charge is 0.270 e. The van der Waals surface area contributed by atoms with Crippen LogP contribution in [0, 0.1) is 20.2 Å². The van der Waals surface area contributed by atoms with Crippen LogP contribution in [0.4, 0.5) is 11.4 Å². The molecule has 0 unspecified atom stereocenters. The summed E-state index contributed by atoms with van der Waals surface area (Å²) in [5.74, 6) is -0.789. The molecule has 10 bridgehead atoms. The largest absolute Gasteiger partial charge is 0.507 e. The minimum atomic E-state index is -0.552. The number of nitrogens with zero attached hydrogens (tertiary/aromatic N) is 2. The number of fused-ring (bicyclic) bond motifs is 2. The first-order chi connectivity index (χ1) is 26.1. The van der Waals surface area contributed by atoms with Crippen LogP contribution in [-0.2, 0) is 35.3 Å². The Morgan fingerprint density at radius 3 is 1.39 bits per heavy atom. The highest BCUT2D eigenvalue weighted by Gasteiger charge is 2.25. The highest BCUT2D eigenvalue weighted by Crippen LogP contribution is 2.40. The van der Waals surface area contributed by atoms with Crippen LogP contribution in [0.3, 0.4) is 0 Å². The van der Waals surface area contributed by atoms with Gasteiger partial charge in [0.15, 0.2) is 13.2 Å². The second-order valence-corrected chi connectivity index (χ2v) is 13.1. The molecule has 2 amide bonds. The van der Waals surface area contributed by atoms with Crippen molar-refractivity contribution in [2.75, 3.05) is 46.1 Å². The van der Waals surface area contributed by atoms with Crippen molar-refractivity contribution in [3.05, 3.63) is 125 Å². The standard InChI is InChI=1S/C38H40N6O10/c45-33-20-53-37-23-4-1-5-24(37)13-28-17-32(44(51)52)19-30(36(28)48)15-26-7-2-6-25(14-29-18-31(43(49)50)16-27(12-23)35(29)47)38(26)54-21-34(46)42-22-40-9-3-8-39-10-11-41-33/h1-2,4-7,16-19,39-40,47-48H,3,8-15,20-22H2,(H,41,45)(H,42,46). The summed E-state index contributed by atoms with van der Waals surface area (Å²) in [5.41, 5.74) is 2.18. The Bertz CT molecular complexity index is 1850. The topological polar surface area (TPSA) is 227 Å². The molecule has 282 valence electrons. The van der Waals surface area contributed by atoms with Gasteiger partial charge in [0.1, 0.15) is 23.0 Å². The lowest BCUT2D eigenvalue weighted by Crippen LogP contribution is -2.38. The van der Waals surface area contributed by atoms with Crippen LogP contribution in [0.25, 0.3) is 0 Å². The van der Waals surface area contributed by atoms with Crippen LogP contribution < -0.4 is 30.7 Å². The van der Waals surface area contributed by atoms with Gasteiger partial charge in [0.2, 0.25) is 0 Å². The monoisotopic (exact) mass is 740 g/mol. The first kappa shape index (κ1) is 37.5. The Labute approximate surface area is 309 Å². The van der Waals surface area contributed by atoms with Crippen LogP contribution in [0.15, 0.2) is 60.7 Å². The normalized spacial score (nSPS) is 15.9. The van der Waals surface area contributed by atoms with Gasteiger partial charge in [-0.3, -0.25) is 35.1 Å². The number of nitro benzene ring substituents is 2. The fourth-order valence-corrected chi connectivity index (χ4v) is 6.64. The van der Waals surface area contributed by atoms with Gasteiger partial charge < -0.3 is 35.6 Å². The Balaban J connectivity index is 1.55. The Morgan fingerprint density at radius 1 is 0.556 bits per heavy atom. The van der Waals surface area contributed by atoms with E-state index in [1.165, 1.54) is 24.3 Å². The quantitative estimate of drug-likeness (QED) is 0.113. The first-order valence-corrected chi connectivity index (χ1v) is 17.5. The number of benzene rings is 4. The zero-order chi connectivity index (χ0) is 38.2. The molecule has 0 fully saturated rings. The number of amides is 2. The van der Waals surface area contributed by atoms with Crippen molar-refractivity contribution >= 4 is 23.2 Å². The van der Waals surface area contributed by atoms with Crippen LogP contribution in [0.5, 0.6) is 23.0 Å². The van der Waals surface area contributed by atoms with E-state index >= 15 is 0 Å². The van der Waals surface area contributed by atoms with Gasteiger partial charge in [0.05, 0.1) is 16.5 Å². The average Bonchev–Trinajstić information content (AvgIpc) is 3.13. The van der Waals surface area contributed by atoms with E-state index in [-0.39, 0.29) is 89.0 Å². The van der Waals surface area contributed by atoms with E-state index in [1.54, 1.807) is 36.4 Å². The van der Waals surface area contributed by atoms with Crippen molar-refractivity contribution < 1.29 is 39.1 Å². The zero-order valence-corrected chi connectivity index (χ0v) is 29.3. The lowest BCUT2D eigenvalue weighted by atomic mass is 9.91. The predicted molar refractivity (Wildman–Crippen MR) is 196 cm³/mol. The van der Waals surface area contributed by atoms with E-state index < -0.39 is 34.9 Å². The summed E-state index contributed by atoms with van der Waals surface area (Å²) in [6.45, 7) is 1.46. The molecule has 0 radical (unpaired) electrons. The molecular formula is C38H40N6O10. The van der Waals surface area contributed by atoms with E-state index in [2.05, 4.69) is 21.3 Å². The maximum Gasteiger partial charge on any atom is 0.270 e. The molecule has 1 aliphatic heterocycles. The van der Waals surface area contributed by atoms with Gasteiger partial charge in [-0.05, 0) is 41.8 Å². The number of carbonyl (C=O) groups is 2. The van der Waals surface area contributed by atoms with E-state index in [0.29, 0.717) is 48.4 Å². The van der Waals surface area contributed by atoms with E-state index in [1.807, 2.05) is 0 Å². The number of nitrogens with one attached hydrogen (secondary N) is 4. The lowest BCUT2D eigenvalue weighted by molar-refractivity contribution is -0.385. The molecule has 6 N–H and O–H groups in total. The molecule has 1 aliphatic carbocycles. The highest BCUT2D eigenvalue weighted by molar-refractivity contribution is 5.78. The van der Waals surface area contributed by atoms with Gasteiger partial charge in [-0.1, -0.05) is 36.4 Å². The number of ether oxygens (including phenoxy) is 2. The van der Waals surface area contributed by atoms with Gasteiger partial charge in [0.25, 0.3) is 23.2 Å². The summed E-state index contributed by atoms with van der Waals surface area (Å²) in [4.78, 5) is 49.1. The van der Waals surface area contributed by atoms with Crippen molar-refractivity contribution in [2.24, 2.45) is 0 Å². The summed E-state index contributed by atoms with van der Waals surface area (Å²) in [6.07, 6.45) is 0.530. The number of nitro groups is 2. The van der Waals surface area contributed by atoms with Crippen molar-refractivity contribution in [3.8, 4) is 23.0 Å². The molecule has 16 heteroatoms. The molecule has 6 rings (SSSR count). The second-order valence-electron chi connectivity index (χ2n) is 13.1. The maximum atomic E-state index is 12.9. The molecule has 0 atom stereocenters. The predicted octanol–water partition coefficient (Wildman–Crippen LogP) is 3.12. The Hall–Kier alpha value is -6.26. The molecule has 4 aromatic rings. The number of non-ortho nitro benzene ring substituents is 2. The number of phenols is 2. The number of hydrogen-bond donors (Lipinski definition) is 6. The van der Waals surface area contributed by atoms with Crippen molar-refractivity contribution in [2.45, 2.75) is 32.1 Å². The van der Waals surface area contributed by atoms with Crippen LogP contribution in [-0.4, -0.2) is 77.9 Å². The third-order valence-electron chi connectivity index (χ3n) is 9.24. The molecule has 54 heavy (non-hydrogen) atoms. The molecule has 0 aromatic heterocycles. The fourth-order valence-electron chi connectivity index (χ4n) is 6.64. The van der Waals surface area contributed by atoms with E-state index in [0.717, 1.165) is 6.42 Å². The Morgan fingerprint density at radius 2 is 0.963 bits per heavy atom. The molecule has 4 aromatic carbocycles. The van der Waals surface area contributed by atoms with E-state index in [4.69, 9.17) is 9.47 Å². The van der Waals surface area contributed by atoms with Crippen molar-refractivity contribution in [3.63, 3.8) is 0 Å². The minimum absolute atomic E-state index is 0.0565. The Kier molecular flexibility index (Phi) is 11.8. The number of phenolic OH excluding ortho intramolecular Hbond substituents is 2. The number of aromatic hydroxyl groups is 2. The SMILES string of the molecule is O=C1COc2c3cccc2Cc2cc([N+](=O)[O-])cc(c2O)Cc2cccc(c2OCC(=O)NCNCCCNCCN1)Cc1cc([N+](=O)[O-])cc(c1O)C3. The summed E-state index contributed by atoms with van der Waals surface area (Å²) in [7, 11) is 0. The molecule has 0 saturated heterocycles. The zero-order valence-electron chi connectivity index (χ0n) is 29.3. The van der Waals surface area contributed by atoms with Gasteiger partial charge in [0, 0.05) is 85.3 Å². The molecule has 1 heterocycles. The van der Waals surface area contributed by atoms with Gasteiger partial charge in [-0.2, -0.15) is 0 Å². The molecule has 16 nitrogen and oxygen atoms in total. The summed E-state index contributed by atoms with van der Waals surface area (Å²) in [6, 6.07) is 15.3. The molecule has 0 spiro atoms. The molecule has 2 aliphatic rings. The number of para-hydroxylation sites is 2. The minimum Gasteiger partial charge on any atom is -0.507 e.